The molecule has 5 aromatic rings. The van der Waals surface area contributed by atoms with Crippen molar-refractivity contribution in [3.05, 3.63) is 89.4 Å². The first-order chi connectivity index (χ1) is 23.4. The number of hydrogen-bond donors (Lipinski definition) is 1. The highest BCUT2D eigenvalue weighted by Crippen LogP contribution is 2.45. The molecule has 2 atom stereocenters. The molecule has 9 nitrogen and oxygen atoms in total. The third kappa shape index (κ3) is 6.19. The minimum atomic E-state index is -1.02. The largest absolute Gasteiger partial charge is 0.367 e. The summed E-state index contributed by atoms with van der Waals surface area (Å²) in [7, 11) is 3.37. The molecule has 0 saturated carbocycles. The molecule has 4 aromatic heterocycles. The van der Waals surface area contributed by atoms with Crippen molar-refractivity contribution in [2.45, 2.75) is 32.9 Å². The SMILES string of the molecule is C=CC(=O)N1C[C@H](C)n2nc(-c3nc(-c4ccc5c(ccn5C)c4)c4scc(F)c4c3C(COCC(=O)NC)=C(F)/C=C(\C)F)cc2[C@H]1C. The number of fused-ring (bicyclic) bond motifs is 3. The highest BCUT2D eigenvalue weighted by atomic mass is 32.1. The van der Waals surface area contributed by atoms with Crippen molar-refractivity contribution >= 4 is 49.7 Å². The Morgan fingerprint density at radius 1 is 1.16 bits per heavy atom. The first-order valence-corrected chi connectivity index (χ1v) is 16.5. The van der Waals surface area contributed by atoms with Gasteiger partial charge in [-0.15, -0.1) is 11.3 Å². The molecule has 5 heterocycles. The number of nitrogens with one attached hydrogen (secondary N) is 1. The Bertz CT molecular complexity index is 2190. The summed E-state index contributed by atoms with van der Waals surface area (Å²) in [6.45, 7) is 7.96. The number of carbonyl (C=O) groups is 2. The fourth-order valence-corrected chi connectivity index (χ4v) is 7.22. The molecule has 2 amide bonds. The van der Waals surface area contributed by atoms with Crippen LogP contribution >= 0.6 is 11.3 Å². The van der Waals surface area contributed by atoms with E-state index in [1.54, 1.807) is 15.6 Å². The lowest BCUT2D eigenvalue weighted by atomic mass is 9.95. The van der Waals surface area contributed by atoms with Crippen molar-refractivity contribution in [3.63, 3.8) is 0 Å². The fraction of sp³-hybridized carbons (Fsp3) is 0.278. The maximum Gasteiger partial charge on any atom is 0.246 e. The van der Waals surface area contributed by atoms with Crippen LogP contribution in [0, 0.1) is 5.82 Å². The number of rotatable bonds is 9. The van der Waals surface area contributed by atoms with E-state index in [0.29, 0.717) is 40.0 Å². The smallest absolute Gasteiger partial charge is 0.246 e. The Kier molecular flexibility index (Phi) is 9.32. The Labute approximate surface area is 285 Å². The summed E-state index contributed by atoms with van der Waals surface area (Å²) in [5.74, 6) is -3.16. The van der Waals surface area contributed by atoms with E-state index in [4.69, 9.17) is 14.8 Å². The van der Waals surface area contributed by atoms with Crippen LogP contribution in [0.3, 0.4) is 0 Å². The summed E-state index contributed by atoms with van der Waals surface area (Å²) in [6.07, 6.45) is 3.89. The zero-order valence-electron chi connectivity index (χ0n) is 27.7. The molecule has 0 unspecified atom stereocenters. The minimum Gasteiger partial charge on any atom is -0.367 e. The summed E-state index contributed by atoms with van der Waals surface area (Å²) in [5, 5.41) is 9.66. The molecule has 1 aliphatic rings. The highest BCUT2D eigenvalue weighted by Gasteiger charge is 2.34. The van der Waals surface area contributed by atoms with Crippen LogP contribution in [0.4, 0.5) is 13.2 Å². The van der Waals surface area contributed by atoms with E-state index in [1.807, 2.05) is 55.9 Å². The second-order valence-electron chi connectivity index (χ2n) is 12.0. The number of allylic oxidation sites excluding steroid dienone is 3. The number of aromatic nitrogens is 4. The number of carbonyl (C=O) groups excluding carboxylic acids is 2. The molecule has 0 aliphatic carbocycles. The molecule has 49 heavy (non-hydrogen) atoms. The fourth-order valence-electron chi connectivity index (χ4n) is 6.29. The highest BCUT2D eigenvalue weighted by molar-refractivity contribution is 7.17. The zero-order chi connectivity index (χ0) is 35.1. The van der Waals surface area contributed by atoms with Gasteiger partial charge >= 0.3 is 0 Å². The third-order valence-corrected chi connectivity index (χ3v) is 9.70. The molecule has 1 N–H and O–H groups in total. The van der Waals surface area contributed by atoms with Gasteiger partial charge in [-0.05, 0) is 51.1 Å². The van der Waals surface area contributed by atoms with Gasteiger partial charge in [0.1, 0.15) is 23.9 Å². The summed E-state index contributed by atoms with van der Waals surface area (Å²) in [4.78, 5) is 31.5. The molecule has 0 fully saturated rings. The van der Waals surface area contributed by atoms with Gasteiger partial charge in [0, 0.05) is 71.3 Å². The van der Waals surface area contributed by atoms with Gasteiger partial charge in [0.05, 0.1) is 46.3 Å². The molecule has 0 bridgehead atoms. The van der Waals surface area contributed by atoms with E-state index in [1.165, 1.54) is 18.5 Å². The summed E-state index contributed by atoms with van der Waals surface area (Å²) < 4.78 is 56.3. The molecule has 1 aromatic carbocycles. The van der Waals surface area contributed by atoms with Crippen LogP contribution in [-0.2, 0) is 21.4 Å². The van der Waals surface area contributed by atoms with Crippen molar-refractivity contribution in [3.8, 4) is 22.6 Å². The molecule has 13 heteroatoms. The van der Waals surface area contributed by atoms with E-state index in [-0.39, 0.29) is 34.2 Å². The van der Waals surface area contributed by atoms with Crippen molar-refractivity contribution in [2.24, 2.45) is 7.05 Å². The van der Waals surface area contributed by atoms with Gasteiger partial charge in [0.2, 0.25) is 11.8 Å². The number of hydrogen-bond acceptors (Lipinski definition) is 6. The average Bonchev–Trinajstić information content (AvgIpc) is 3.81. The number of amides is 2. The lowest BCUT2D eigenvalue weighted by Crippen LogP contribution is -2.42. The molecular formula is C36H35F3N6O3S. The van der Waals surface area contributed by atoms with Crippen molar-refractivity contribution in [1.82, 2.24) is 29.5 Å². The molecule has 254 valence electrons. The van der Waals surface area contributed by atoms with Crippen LogP contribution in [-0.4, -0.2) is 62.9 Å². The summed E-state index contributed by atoms with van der Waals surface area (Å²) >= 11 is 1.11. The number of thiophene rings is 1. The van der Waals surface area contributed by atoms with E-state index < -0.39 is 42.6 Å². The van der Waals surface area contributed by atoms with Crippen LogP contribution in [0.1, 0.15) is 44.1 Å². The maximum absolute atomic E-state index is 16.2. The van der Waals surface area contributed by atoms with Gasteiger partial charge in [-0.2, -0.15) is 5.10 Å². The van der Waals surface area contributed by atoms with Gasteiger partial charge in [0.15, 0.2) is 0 Å². The second-order valence-corrected chi connectivity index (χ2v) is 12.9. The number of pyridine rings is 1. The zero-order valence-corrected chi connectivity index (χ0v) is 28.5. The van der Waals surface area contributed by atoms with Crippen molar-refractivity contribution in [2.75, 3.05) is 26.8 Å². The number of ether oxygens (including phenoxy) is 1. The number of halogens is 3. The first-order valence-electron chi connectivity index (χ1n) is 15.6. The Morgan fingerprint density at radius 3 is 2.65 bits per heavy atom. The summed E-state index contributed by atoms with van der Waals surface area (Å²) in [6, 6.07) is 8.89. The molecular weight excluding hydrogens is 653 g/mol. The van der Waals surface area contributed by atoms with Crippen LogP contribution in [0.2, 0.25) is 0 Å². The molecule has 0 radical (unpaired) electrons. The first kappa shape index (κ1) is 33.9. The van der Waals surface area contributed by atoms with Crippen molar-refractivity contribution < 1.29 is 27.5 Å². The lowest BCUT2D eigenvalue weighted by Gasteiger charge is -2.36. The van der Waals surface area contributed by atoms with Crippen LogP contribution in [0.15, 0.2) is 72.3 Å². The second kappa shape index (κ2) is 13.5. The Balaban J connectivity index is 1.66. The normalized spacial score (nSPS) is 17.0. The number of likely N-dealkylation sites (N-methyl/N-ethyl adjacent to an activating group) is 1. The van der Waals surface area contributed by atoms with Crippen LogP contribution in [0.5, 0.6) is 0 Å². The van der Waals surface area contributed by atoms with Crippen molar-refractivity contribution in [1.29, 1.82) is 0 Å². The van der Waals surface area contributed by atoms with E-state index in [2.05, 4.69) is 11.9 Å². The third-order valence-electron chi connectivity index (χ3n) is 8.74. The van der Waals surface area contributed by atoms with Gasteiger partial charge in [-0.25, -0.2) is 18.2 Å². The maximum atomic E-state index is 16.2. The van der Waals surface area contributed by atoms with Gasteiger partial charge in [0.25, 0.3) is 0 Å². The topological polar surface area (TPSA) is 94.3 Å². The number of aryl methyl sites for hydroxylation is 1. The van der Waals surface area contributed by atoms with E-state index in [0.717, 1.165) is 29.2 Å². The average molecular weight is 689 g/mol. The Morgan fingerprint density at radius 2 is 1.94 bits per heavy atom. The quantitative estimate of drug-likeness (QED) is 0.129. The van der Waals surface area contributed by atoms with E-state index >= 15 is 8.78 Å². The van der Waals surface area contributed by atoms with Gasteiger partial charge in [-0.1, -0.05) is 12.6 Å². The Hall–Kier alpha value is -5.01. The van der Waals surface area contributed by atoms with Gasteiger partial charge < -0.3 is 19.5 Å². The number of benzene rings is 1. The predicted octanol–water partition coefficient (Wildman–Crippen LogP) is 7.42. The molecule has 6 rings (SSSR count). The van der Waals surface area contributed by atoms with Crippen LogP contribution in [0.25, 0.3) is 49.2 Å². The number of nitrogens with zero attached hydrogens (tertiary/aromatic N) is 5. The van der Waals surface area contributed by atoms with E-state index in [9.17, 15) is 14.0 Å². The standard InChI is InChI=1S/C36H35F3N6O3S/c1-7-31(47)44-15-20(3)45-29(21(44)4)14-27(42-45)35-32(24(25(38)12-19(2)37)16-48-17-30(46)40-5)33-26(39)18-49-36(33)34(41-35)23-8-9-28-22(13-23)10-11-43(28)6/h7-14,18,20-21H,1,15-17H2,2-6H3,(H,40,46)/b19-12+,25-24?/t20-,21+/m0/s1. The molecule has 0 saturated heterocycles. The predicted molar refractivity (Wildman–Crippen MR) is 186 cm³/mol. The minimum absolute atomic E-state index is 0.0278. The van der Waals surface area contributed by atoms with Crippen LogP contribution < -0.4 is 5.32 Å². The summed E-state index contributed by atoms with van der Waals surface area (Å²) in [5.41, 5.74) is 3.09. The molecule has 0 spiro atoms. The molecule has 1 aliphatic heterocycles. The van der Waals surface area contributed by atoms with Gasteiger partial charge in [-0.3, -0.25) is 14.3 Å². The monoisotopic (exact) mass is 688 g/mol. The lowest BCUT2D eigenvalue weighted by molar-refractivity contribution is -0.129.